The van der Waals surface area contributed by atoms with Crippen molar-refractivity contribution in [2.75, 3.05) is 0 Å². The number of carbonyl (C=O) groups is 1. The zero-order valence-corrected chi connectivity index (χ0v) is 11.5. The molecule has 0 bridgehead atoms. The molecule has 4 heteroatoms. The van der Waals surface area contributed by atoms with E-state index < -0.39 is 5.91 Å². The van der Waals surface area contributed by atoms with Crippen LogP contribution in [-0.4, -0.2) is 10.5 Å². The summed E-state index contributed by atoms with van der Waals surface area (Å²) in [5, 5.41) is 1.82. The Bertz CT molecular complexity index is 792. The zero-order valence-electron chi connectivity index (χ0n) is 10.7. The fourth-order valence-electron chi connectivity index (χ4n) is 2.37. The van der Waals surface area contributed by atoms with Crippen molar-refractivity contribution in [3.63, 3.8) is 0 Å². The van der Waals surface area contributed by atoms with E-state index in [0.29, 0.717) is 12.1 Å². The summed E-state index contributed by atoms with van der Waals surface area (Å²) in [4.78, 5) is 11.2. The molecule has 3 aromatic rings. The molecule has 0 radical (unpaired) electrons. The number of rotatable bonds is 3. The zero-order chi connectivity index (χ0) is 14.1. The first-order chi connectivity index (χ1) is 9.65. The van der Waals surface area contributed by atoms with Crippen molar-refractivity contribution in [1.29, 1.82) is 0 Å². The summed E-state index contributed by atoms with van der Waals surface area (Å²) in [7, 11) is 0. The molecule has 0 saturated heterocycles. The molecule has 3 nitrogen and oxygen atoms in total. The Labute approximate surface area is 121 Å². The number of benzene rings is 2. The van der Waals surface area contributed by atoms with Crippen molar-refractivity contribution in [3.05, 3.63) is 70.9 Å². The minimum absolute atomic E-state index is 0.415. The molecule has 0 spiro atoms. The van der Waals surface area contributed by atoms with Crippen molar-refractivity contribution in [1.82, 2.24) is 4.57 Å². The topological polar surface area (TPSA) is 48.0 Å². The van der Waals surface area contributed by atoms with Gasteiger partial charge in [-0.2, -0.15) is 0 Å². The molecule has 1 amide bonds. The van der Waals surface area contributed by atoms with Crippen molar-refractivity contribution in [2.45, 2.75) is 6.54 Å². The Morgan fingerprint density at radius 1 is 1.15 bits per heavy atom. The smallest absolute Gasteiger partial charge is 0.248 e. The highest BCUT2D eigenvalue weighted by molar-refractivity contribution is 6.35. The van der Waals surface area contributed by atoms with Gasteiger partial charge in [-0.05, 0) is 29.8 Å². The molecule has 0 fully saturated rings. The fourth-order valence-corrected chi connectivity index (χ4v) is 2.66. The minimum atomic E-state index is -0.415. The number of nitrogens with zero attached hydrogens (tertiary/aromatic N) is 1. The van der Waals surface area contributed by atoms with E-state index in [9.17, 15) is 4.79 Å². The number of amides is 1. The number of carbonyl (C=O) groups excluding carboxylic acids is 1. The summed E-state index contributed by atoms with van der Waals surface area (Å²) < 4.78 is 2.07. The van der Waals surface area contributed by atoms with Crippen LogP contribution in [0.4, 0.5) is 0 Å². The number of primary amides is 1. The molecular weight excluding hydrogens is 272 g/mol. The Hall–Kier alpha value is -2.26. The van der Waals surface area contributed by atoms with Gasteiger partial charge < -0.3 is 10.3 Å². The van der Waals surface area contributed by atoms with E-state index in [1.165, 1.54) is 0 Å². The number of aromatic nitrogens is 1. The SMILES string of the molecule is NC(=O)c1cccc(Cn2ccc3cccc(Cl)c32)c1. The van der Waals surface area contributed by atoms with Crippen LogP contribution in [0.3, 0.4) is 0 Å². The molecule has 100 valence electrons. The van der Waals surface area contributed by atoms with Crippen molar-refractivity contribution < 1.29 is 4.79 Å². The lowest BCUT2D eigenvalue weighted by molar-refractivity contribution is 0.1000. The van der Waals surface area contributed by atoms with E-state index in [4.69, 9.17) is 17.3 Å². The summed E-state index contributed by atoms with van der Waals surface area (Å²) in [6.45, 7) is 0.647. The molecule has 0 saturated carbocycles. The first-order valence-corrected chi connectivity index (χ1v) is 6.65. The number of para-hydroxylation sites is 1. The summed E-state index contributed by atoms with van der Waals surface area (Å²) in [5.41, 5.74) is 7.83. The first-order valence-electron chi connectivity index (χ1n) is 6.27. The van der Waals surface area contributed by atoms with Crippen LogP contribution >= 0.6 is 11.6 Å². The number of hydrogen-bond donors (Lipinski definition) is 1. The maximum Gasteiger partial charge on any atom is 0.248 e. The van der Waals surface area contributed by atoms with Crippen LogP contribution in [0.5, 0.6) is 0 Å². The highest BCUT2D eigenvalue weighted by Gasteiger charge is 2.07. The van der Waals surface area contributed by atoms with Gasteiger partial charge in [-0.15, -0.1) is 0 Å². The maximum absolute atomic E-state index is 11.2. The fraction of sp³-hybridized carbons (Fsp3) is 0.0625. The molecule has 20 heavy (non-hydrogen) atoms. The summed E-state index contributed by atoms with van der Waals surface area (Å²) in [5.74, 6) is -0.415. The van der Waals surface area contributed by atoms with Gasteiger partial charge in [0.05, 0.1) is 10.5 Å². The molecule has 0 aliphatic carbocycles. The van der Waals surface area contributed by atoms with E-state index in [0.717, 1.165) is 21.5 Å². The van der Waals surface area contributed by atoms with Crippen molar-refractivity contribution in [2.24, 2.45) is 5.73 Å². The molecule has 3 rings (SSSR count). The third kappa shape index (κ3) is 2.28. The Morgan fingerprint density at radius 3 is 2.75 bits per heavy atom. The van der Waals surface area contributed by atoms with Gasteiger partial charge in [-0.1, -0.05) is 35.9 Å². The normalized spacial score (nSPS) is 10.8. The lowest BCUT2D eigenvalue weighted by atomic mass is 10.1. The van der Waals surface area contributed by atoms with Crippen LogP contribution in [0.15, 0.2) is 54.7 Å². The molecule has 1 aromatic heterocycles. The summed E-state index contributed by atoms with van der Waals surface area (Å²) in [6, 6.07) is 15.2. The quantitative estimate of drug-likeness (QED) is 0.787. The van der Waals surface area contributed by atoms with Gasteiger partial charge in [-0.3, -0.25) is 4.79 Å². The van der Waals surface area contributed by atoms with Crippen LogP contribution in [-0.2, 0) is 6.54 Å². The lowest BCUT2D eigenvalue weighted by Gasteiger charge is -2.08. The Morgan fingerprint density at radius 2 is 1.95 bits per heavy atom. The second-order valence-electron chi connectivity index (χ2n) is 4.69. The molecule has 2 N–H and O–H groups in total. The largest absolute Gasteiger partial charge is 0.366 e. The van der Waals surface area contributed by atoms with Crippen LogP contribution in [0.2, 0.25) is 5.02 Å². The van der Waals surface area contributed by atoms with E-state index >= 15 is 0 Å². The average molecular weight is 285 g/mol. The van der Waals surface area contributed by atoms with Gasteiger partial charge in [0.15, 0.2) is 0 Å². The second-order valence-corrected chi connectivity index (χ2v) is 5.09. The van der Waals surface area contributed by atoms with Gasteiger partial charge >= 0.3 is 0 Å². The van der Waals surface area contributed by atoms with E-state index in [1.54, 1.807) is 6.07 Å². The molecule has 0 unspecified atom stereocenters. The third-order valence-corrected chi connectivity index (χ3v) is 3.61. The highest BCUT2D eigenvalue weighted by Crippen LogP contribution is 2.25. The molecule has 0 aliphatic heterocycles. The van der Waals surface area contributed by atoms with Gasteiger partial charge in [0, 0.05) is 23.7 Å². The van der Waals surface area contributed by atoms with Gasteiger partial charge in [0.25, 0.3) is 0 Å². The van der Waals surface area contributed by atoms with Crippen LogP contribution < -0.4 is 5.73 Å². The number of halogens is 1. The number of fused-ring (bicyclic) bond motifs is 1. The van der Waals surface area contributed by atoms with E-state index in [2.05, 4.69) is 4.57 Å². The van der Waals surface area contributed by atoms with Crippen molar-refractivity contribution in [3.8, 4) is 0 Å². The van der Waals surface area contributed by atoms with Crippen molar-refractivity contribution >= 4 is 28.4 Å². The first kappa shape index (κ1) is 12.8. The predicted molar refractivity (Wildman–Crippen MR) is 81.0 cm³/mol. The molecular formula is C16H13ClN2O. The molecule has 2 aromatic carbocycles. The average Bonchev–Trinajstić information content (AvgIpc) is 2.84. The van der Waals surface area contributed by atoms with Gasteiger partial charge in [0.2, 0.25) is 5.91 Å². The molecule has 0 aliphatic rings. The Balaban J connectivity index is 2.01. The second kappa shape index (κ2) is 5.02. The van der Waals surface area contributed by atoms with Crippen LogP contribution in [0.25, 0.3) is 10.9 Å². The molecule has 0 atom stereocenters. The van der Waals surface area contributed by atoms with Crippen LogP contribution in [0.1, 0.15) is 15.9 Å². The maximum atomic E-state index is 11.2. The standard InChI is InChI=1S/C16H13ClN2O/c17-14-6-2-4-12-7-8-19(15(12)14)10-11-3-1-5-13(9-11)16(18)20/h1-9H,10H2,(H2,18,20). The highest BCUT2D eigenvalue weighted by atomic mass is 35.5. The number of nitrogens with two attached hydrogens (primary N) is 1. The van der Waals surface area contributed by atoms with E-state index in [-0.39, 0.29) is 0 Å². The molecule has 1 heterocycles. The monoisotopic (exact) mass is 284 g/mol. The Kier molecular flexibility index (Phi) is 3.20. The summed E-state index contributed by atoms with van der Waals surface area (Å²) >= 11 is 6.26. The van der Waals surface area contributed by atoms with Gasteiger partial charge in [0.1, 0.15) is 0 Å². The van der Waals surface area contributed by atoms with Gasteiger partial charge in [-0.25, -0.2) is 0 Å². The third-order valence-electron chi connectivity index (χ3n) is 3.30. The minimum Gasteiger partial charge on any atom is -0.366 e. The summed E-state index contributed by atoms with van der Waals surface area (Å²) in [6.07, 6.45) is 1.99. The predicted octanol–water partition coefficient (Wildman–Crippen LogP) is 3.44. The van der Waals surface area contributed by atoms with E-state index in [1.807, 2.05) is 48.7 Å². The number of hydrogen-bond acceptors (Lipinski definition) is 1. The van der Waals surface area contributed by atoms with Crippen LogP contribution in [0, 0.1) is 0 Å². The lowest BCUT2D eigenvalue weighted by Crippen LogP contribution is -2.11.